The average Bonchev–Trinajstić information content (AvgIpc) is 2.23. The molecule has 1 heterocycles. The molecule has 0 spiro atoms. The van der Waals surface area contributed by atoms with Crippen molar-refractivity contribution < 1.29 is 5.11 Å². The molecule has 0 radical (unpaired) electrons. The van der Waals surface area contributed by atoms with Gasteiger partial charge in [-0.2, -0.15) is 11.8 Å². The van der Waals surface area contributed by atoms with Crippen molar-refractivity contribution in [3.05, 3.63) is 34.9 Å². The van der Waals surface area contributed by atoms with Crippen LogP contribution in [0.1, 0.15) is 49.5 Å². The van der Waals surface area contributed by atoms with E-state index in [0.717, 1.165) is 11.3 Å². The molecule has 1 N–H and O–H groups in total. The fraction of sp³-hybridized carbons (Fsp3) is 0.538. The minimum absolute atomic E-state index is 0.294. The monoisotopic (exact) mass is 222 g/mol. The first kappa shape index (κ1) is 11.0. The summed E-state index contributed by atoms with van der Waals surface area (Å²) in [7, 11) is 0. The number of hydrogen-bond donors (Lipinski definition) is 1. The Morgan fingerprint density at radius 3 is 2.80 bits per heavy atom. The summed E-state index contributed by atoms with van der Waals surface area (Å²) in [5.74, 6) is 1.57. The maximum atomic E-state index is 10.1. The number of hydrogen-bond acceptors (Lipinski definition) is 2. The Morgan fingerprint density at radius 2 is 2.13 bits per heavy atom. The van der Waals surface area contributed by atoms with Gasteiger partial charge in [-0.3, -0.25) is 0 Å². The predicted molar refractivity (Wildman–Crippen MR) is 66.2 cm³/mol. The van der Waals surface area contributed by atoms with Crippen LogP contribution in [-0.4, -0.2) is 10.4 Å². The van der Waals surface area contributed by atoms with Gasteiger partial charge in [0, 0.05) is 11.0 Å². The van der Waals surface area contributed by atoms with E-state index in [1.165, 1.54) is 11.1 Å². The Bertz CT molecular complexity index is 360. The molecule has 0 saturated carbocycles. The van der Waals surface area contributed by atoms with Crippen LogP contribution in [0.25, 0.3) is 0 Å². The minimum atomic E-state index is -0.294. The van der Waals surface area contributed by atoms with Gasteiger partial charge in [0.25, 0.3) is 0 Å². The van der Waals surface area contributed by atoms with Gasteiger partial charge in [0.2, 0.25) is 0 Å². The highest BCUT2D eigenvalue weighted by atomic mass is 32.2. The molecule has 0 amide bonds. The lowest BCUT2D eigenvalue weighted by Gasteiger charge is -2.27. The van der Waals surface area contributed by atoms with Crippen molar-refractivity contribution in [3.63, 3.8) is 0 Å². The molecule has 2 atom stereocenters. The van der Waals surface area contributed by atoms with E-state index in [4.69, 9.17) is 0 Å². The molecule has 0 bridgehead atoms. The predicted octanol–water partition coefficient (Wildman–Crippen LogP) is 3.48. The Balaban J connectivity index is 2.41. The number of aliphatic hydroxyl groups is 1. The summed E-state index contributed by atoms with van der Waals surface area (Å²) in [6.07, 6.45) is -0.294. The van der Waals surface area contributed by atoms with Crippen LogP contribution in [0.2, 0.25) is 0 Å². The summed E-state index contributed by atoms with van der Waals surface area (Å²) in [5.41, 5.74) is 3.77. The molecule has 0 saturated heterocycles. The van der Waals surface area contributed by atoms with Gasteiger partial charge in [-0.1, -0.05) is 39.0 Å². The number of thioether (sulfide) groups is 1. The zero-order valence-electron chi connectivity index (χ0n) is 9.53. The van der Waals surface area contributed by atoms with E-state index in [-0.39, 0.29) is 6.10 Å². The highest BCUT2D eigenvalue weighted by Crippen LogP contribution is 2.38. The quantitative estimate of drug-likeness (QED) is 0.785. The van der Waals surface area contributed by atoms with Crippen molar-refractivity contribution in [3.8, 4) is 0 Å². The van der Waals surface area contributed by atoms with Gasteiger partial charge in [-0.15, -0.1) is 0 Å². The molecule has 1 aromatic carbocycles. The number of aliphatic hydroxyl groups excluding tert-OH is 1. The maximum absolute atomic E-state index is 10.1. The van der Waals surface area contributed by atoms with E-state index in [1.807, 2.05) is 11.8 Å². The highest BCUT2D eigenvalue weighted by Gasteiger charge is 2.25. The molecule has 2 heteroatoms. The van der Waals surface area contributed by atoms with E-state index in [0.29, 0.717) is 11.2 Å². The van der Waals surface area contributed by atoms with Crippen LogP contribution < -0.4 is 0 Å². The van der Waals surface area contributed by atoms with Crippen molar-refractivity contribution in [1.82, 2.24) is 0 Å². The van der Waals surface area contributed by atoms with Crippen LogP contribution in [0.5, 0.6) is 0 Å². The second-order valence-electron chi connectivity index (χ2n) is 4.57. The van der Waals surface area contributed by atoms with Crippen molar-refractivity contribution in [2.75, 3.05) is 0 Å². The van der Waals surface area contributed by atoms with Crippen molar-refractivity contribution in [1.29, 1.82) is 0 Å². The van der Waals surface area contributed by atoms with E-state index < -0.39 is 0 Å². The van der Waals surface area contributed by atoms with Crippen LogP contribution >= 0.6 is 11.8 Å². The standard InChI is InChI=1S/C13H18OS/c1-8(2)10-4-5-11-7-15-9(3)13(14)12(11)6-10/h4-6,8-9,13-14H,7H2,1-3H3. The van der Waals surface area contributed by atoms with E-state index in [1.54, 1.807) is 0 Å². The molecule has 15 heavy (non-hydrogen) atoms. The topological polar surface area (TPSA) is 20.2 Å². The molecular formula is C13H18OS. The number of rotatable bonds is 1. The largest absolute Gasteiger partial charge is 0.387 e. The second-order valence-corrected chi connectivity index (χ2v) is 5.94. The molecule has 1 aliphatic rings. The van der Waals surface area contributed by atoms with Crippen LogP contribution in [0.15, 0.2) is 18.2 Å². The van der Waals surface area contributed by atoms with Gasteiger partial charge in [0.15, 0.2) is 0 Å². The molecular weight excluding hydrogens is 204 g/mol. The lowest BCUT2D eigenvalue weighted by Crippen LogP contribution is -2.18. The average molecular weight is 222 g/mol. The van der Waals surface area contributed by atoms with E-state index in [9.17, 15) is 5.11 Å². The van der Waals surface area contributed by atoms with Crippen LogP contribution in [0.3, 0.4) is 0 Å². The summed E-state index contributed by atoms with van der Waals surface area (Å²) in [6.45, 7) is 6.48. The lowest BCUT2D eigenvalue weighted by molar-refractivity contribution is 0.177. The first-order valence-electron chi connectivity index (χ1n) is 5.52. The van der Waals surface area contributed by atoms with Gasteiger partial charge in [-0.25, -0.2) is 0 Å². The molecule has 1 nitrogen and oxygen atoms in total. The Labute approximate surface area is 95.9 Å². The molecule has 0 aliphatic carbocycles. The number of benzene rings is 1. The first-order chi connectivity index (χ1) is 7.09. The van der Waals surface area contributed by atoms with Crippen LogP contribution in [-0.2, 0) is 5.75 Å². The van der Waals surface area contributed by atoms with Gasteiger partial charge < -0.3 is 5.11 Å². The minimum Gasteiger partial charge on any atom is -0.387 e. The normalized spacial score (nSPS) is 25.4. The summed E-state index contributed by atoms with van der Waals surface area (Å²) >= 11 is 1.83. The first-order valence-corrected chi connectivity index (χ1v) is 6.57. The third kappa shape index (κ3) is 2.06. The van der Waals surface area contributed by atoms with Crippen molar-refractivity contribution in [2.45, 2.75) is 43.8 Å². The van der Waals surface area contributed by atoms with E-state index >= 15 is 0 Å². The Hall–Kier alpha value is -0.470. The molecule has 82 valence electrons. The summed E-state index contributed by atoms with van der Waals surface area (Å²) in [4.78, 5) is 0. The van der Waals surface area contributed by atoms with E-state index in [2.05, 4.69) is 39.0 Å². The summed E-state index contributed by atoms with van der Waals surface area (Å²) < 4.78 is 0. The zero-order chi connectivity index (χ0) is 11.0. The fourth-order valence-corrected chi connectivity index (χ4v) is 2.98. The second kappa shape index (κ2) is 4.18. The molecule has 1 aromatic rings. The third-order valence-corrected chi connectivity index (χ3v) is 4.36. The Kier molecular flexibility index (Phi) is 3.08. The van der Waals surface area contributed by atoms with Gasteiger partial charge >= 0.3 is 0 Å². The SMILES string of the molecule is CC(C)c1ccc2c(c1)C(O)C(C)SC2. The smallest absolute Gasteiger partial charge is 0.0909 e. The van der Waals surface area contributed by atoms with Crippen LogP contribution in [0, 0.1) is 0 Å². The van der Waals surface area contributed by atoms with Gasteiger partial charge in [-0.05, 0) is 22.6 Å². The molecule has 0 fully saturated rings. The molecule has 1 aliphatic heterocycles. The van der Waals surface area contributed by atoms with Gasteiger partial charge in [0.1, 0.15) is 0 Å². The highest BCUT2D eigenvalue weighted by molar-refractivity contribution is 7.99. The molecule has 0 aromatic heterocycles. The number of fused-ring (bicyclic) bond motifs is 1. The summed E-state index contributed by atoms with van der Waals surface area (Å²) in [6, 6.07) is 6.54. The maximum Gasteiger partial charge on any atom is 0.0909 e. The lowest BCUT2D eigenvalue weighted by atomic mass is 9.94. The van der Waals surface area contributed by atoms with Gasteiger partial charge in [0.05, 0.1) is 6.10 Å². The van der Waals surface area contributed by atoms with Crippen LogP contribution in [0.4, 0.5) is 0 Å². The van der Waals surface area contributed by atoms with Crippen molar-refractivity contribution in [2.24, 2.45) is 0 Å². The third-order valence-electron chi connectivity index (χ3n) is 3.10. The summed E-state index contributed by atoms with van der Waals surface area (Å²) in [5, 5.41) is 10.4. The fourth-order valence-electron chi connectivity index (χ4n) is 1.94. The zero-order valence-corrected chi connectivity index (χ0v) is 10.3. The molecule has 2 unspecified atom stereocenters. The van der Waals surface area contributed by atoms with Crippen molar-refractivity contribution >= 4 is 11.8 Å². The molecule has 2 rings (SSSR count). The Morgan fingerprint density at radius 1 is 1.40 bits per heavy atom.